The average molecular weight is 223 g/mol. The average Bonchev–Trinajstić information content (AvgIpc) is 2.13. The highest BCUT2D eigenvalue weighted by Crippen LogP contribution is 2.16. The van der Waals surface area contributed by atoms with Gasteiger partial charge in [-0.15, -0.1) is 0 Å². The van der Waals surface area contributed by atoms with Crippen molar-refractivity contribution in [3.05, 3.63) is 23.4 Å². The molecule has 0 aromatic carbocycles. The van der Waals surface area contributed by atoms with E-state index in [1.165, 1.54) is 0 Å². The van der Waals surface area contributed by atoms with Gasteiger partial charge in [-0.05, 0) is 24.5 Å². The van der Waals surface area contributed by atoms with E-state index in [4.69, 9.17) is 18.0 Å². The molecule has 1 aromatic heterocycles. The van der Waals surface area contributed by atoms with Gasteiger partial charge in [-0.25, -0.2) is 4.98 Å². The summed E-state index contributed by atoms with van der Waals surface area (Å²) in [4.78, 5) is 4.65. The fourth-order valence-corrected chi connectivity index (χ4v) is 1.56. The maximum Gasteiger partial charge on any atom is 0.136 e. The van der Waals surface area contributed by atoms with Crippen molar-refractivity contribution in [2.45, 2.75) is 20.8 Å². The first-order valence-corrected chi connectivity index (χ1v) is 5.42. The Balaban J connectivity index is 2.96. The molecule has 3 nitrogen and oxygen atoms in total. The Kier molecular flexibility index (Phi) is 4.03. The summed E-state index contributed by atoms with van der Waals surface area (Å²) in [5.74, 6) is 1.35. The minimum Gasteiger partial charge on any atom is -0.389 e. The zero-order chi connectivity index (χ0) is 11.4. The van der Waals surface area contributed by atoms with Crippen molar-refractivity contribution in [1.82, 2.24) is 4.98 Å². The number of nitrogens with one attached hydrogen (secondary N) is 1. The summed E-state index contributed by atoms with van der Waals surface area (Å²) in [6, 6.07) is 1.91. The largest absolute Gasteiger partial charge is 0.389 e. The van der Waals surface area contributed by atoms with Gasteiger partial charge in [0.1, 0.15) is 10.8 Å². The molecule has 0 saturated carbocycles. The Labute approximate surface area is 96.1 Å². The van der Waals surface area contributed by atoms with Crippen LogP contribution in [0.3, 0.4) is 0 Å². The van der Waals surface area contributed by atoms with E-state index in [1.54, 1.807) is 6.20 Å². The summed E-state index contributed by atoms with van der Waals surface area (Å²) in [6.07, 6.45) is 1.76. The molecule has 0 fully saturated rings. The predicted octanol–water partition coefficient (Wildman–Crippen LogP) is 2.09. The van der Waals surface area contributed by atoms with Gasteiger partial charge in [0.15, 0.2) is 0 Å². The molecule has 1 rings (SSSR count). The van der Waals surface area contributed by atoms with Crippen molar-refractivity contribution in [1.29, 1.82) is 0 Å². The van der Waals surface area contributed by atoms with Crippen LogP contribution in [0.25, 0.3) is 0 Å². The lowest BCUT2D eigenvalue weighted by Crippen LogP contribution is -2.18. The summed E-state index contributed by atoms with van der Waals surface area (Å²) < 4.78 is 0. The third kappa shape index (κ3) is 3.16. The molecule has 0 radical (unpaired) electrons. The highest BCUT2D eigenvalue weighted by molar-refractivity contribution is 7.80. The molecule has 0 amide bonds. The molecule has 4 heteroatoms. The Morgan fingerprint density at radius 2 is 2.27 bits per heavy atom. The van der Waals surface area contributed by atoms with Gasteiger partial charge < -0.3 is 11.1 Å². The number of rotatable bonds is 4. The number of hydrogen-bond donors (Lipinski definition) is 2. The number of nitrogens with two attached hydrogens (primary N) is 1. The Morgan fingerprint density at radius 1 is 1.60 bits per heavy atom. The standard InChI is InChI=1S/C11H17N3S/c1-7(2)6-14-11-9(10(12)15)8(3)4-5-13-11/h4-5,7H,6H2,1-3H3,(H2,12,15)(H,13,14). The minimum absolute atomic E-state index is 0.395. The summed E-state index contributed by atoms with van der Waals surface area (Å²) in [5, 5.41) is 3.26. The van der Waals surface area contributed by atoms with E-state index in [-0.39, 0.29) is 0 Å². The Bertz CT molecular complexity index is 361. The number of aryl methyl sites for hydroxylation is 1. The van der Waals surface area contributed by atoms with Gasteiger partial charge >= 0.3 is 0 Å². The number of pyridine rings is 1. The summed E-state index contributed by atoms with van der Waals surface area (Å²) in [6.45, 7) is 7.13. The third-order valence-electron chi connectivity index (χ3n) is 2.08. The fourth-order valence-electron chi connectivity index (χ4n) is 1.30. The van der Waals surface area contributed by atoms with Crippen LogP contribution in [0, 0.1) is 12.8 Å². The maximum absolute atomic E-state index is 5.67. The Morgan fingerprint density at radius 3 is 2.80 bits per heavy atom. The van der Waals surface area contributed by atoms with Gasteiger partial charge in [-0.2, -0.15) is 0 Å². The molecule has 82 valence electrons. The highest BCUT2D eigenvalue weighted by atomic mass is 32.1. The number of aromatic nitrogens is 1. The molecular weight excluding hydrogens is 206 g/mol. The van der Waals surface area contributed by atoms with Gasteiger partial charge in [0.2, 0.25) is 0 Å². The van der Waals surface area contributed by atoms with E-state index in [2.05, 4.69) is 24.1 Å². The van der Waals surface area contributed by atoms with Crippen molar-refractivity contribution in [2.24, 2.45) is 11.7 Å². The van der Waals surface area contributed by atoms with Crippen LogP contribution in [-0.4, -0.2) is 16.5 Å². The number of thiocarbonyl (C=S) groups is 1. The lowest BCUT2D eigenvalue weighted by atomic mass is 10.1. The summed E-state index contributed by atoms with van der Waals surface area (Å²) in [5.41, 5.74) is 7.59. The molecule has 0 bridgehead atoms. The smallest absolute Gasteiger partial charge is 0.136 e. The van der Waals surface area contributed by atoms with Crippen molar-refractivity contribution < 1.29 is 0 Å². The van der Waals surface area contributed by atoms with E-state index >= 15 is 0 Å². The van der Waals surface area contributed by atoms with Crippen LogP contribution in [0.15, 0.2) is 12.3 Å². The minimum atomic E-state index is 0.395. The quantitative estimate of drug-likeness (QED) is 0.767. The van der Waals surface area contributed by atoms with E-state index in [9.17, 15) is 0 Å². The second-order valence-electron chi connectivity index (χ2n) is 3.99. The molecule has 1 heterocycles. The lowest BCUT2D eigenvalue weighted by molar-refractivity contribution is 0.687. The van der Waals surface area contributed by atoms with Gasteiger partial charge in [0.05, 0.1) is 5.56 Å². The van der Waals surface area contributed by atoms with Crippen LogP contribution in [0.2, 0.25) is 0 Å². The first-order valence-electron chi connectivity index (χ1n) is 5.01. The second kappa shape index (κ2) is 5.07. The van der Waals surface area contributed by atoms with E-state index in [0.717, 1.165) is 23.5 Å². The van der Waals surface area contributed by atoms with Gasteiger partial charge in [0, 0.05) is 12.7 Å². The van der Waals surface area contributed by atoms with Gasteiger partial charge in [-0.3, -0.25) is 0 Å². The Hall–Kier alpha value is -1.16. The van der Waals surface area contributed by atoms with Gasteiger partial charge in [0.25, 0.3) is 0 Å². The van der Waals surface area contributed by atoms with E-state index < -0.39 is 0 Å². The van der Waals surface area contributed by atoms with Crippen molar-refractivity contribution in [2.75, 3.05) is 11.9 Å². The van der Waals surface area contributed by atoms with Crippen LogP contribution >= 0.6 is 12.2 Å². The second-order valence-corrected chi connectivity index (χ2v) is 4.43. The highest BCUT2D eigenvalue weighted by Gasteiger charge is 2.09. The molecular formula is C11H17N3S. The molecule has 0 aliphatic rings. The van der Waals surface area contributed by atoms with Crippen molar-refractivity contribution in [3.8, 4) is 0 Å². The first-order chi connectivity index (χ1) is 7.02. The number of anilines is 1. The van der Waals surface area contributed by atoms with Crippen molar-refractivity contribution in [3.63, 3.8) is 0 Å². The first kappa shape index (κ1) is 11.9. The zero-order valence-electron chi connectivity index (χ0n) is 9.37. The molecule has 0 aliphatic carbocycles. The normalized spacial score (nSPS) is 10.4. The predicted molar refractivity (Wildman–Crippen MR) is 68.2 cm³/mol. The van der Waals surface area contributed by atoms with Gasteiger partial charge in [-0.1, -0.05) is 26.1 Å². The molecule has 1 aromatic rings. The monoisotopic (exact) mass is 223 g/mol. The third-order valence-corrected chi connectivity index (χ3v) is 2.29. The number of nitrogens with zero attached hydrogens (tertiary/aromatic N) is 1. The van der Waals surface area contributed by atoms with Crippen molar-refractivity contribution >= 4 is 23.0 Å². The molecule has 0 atom stereocenters. The molecule has 3 N–H and O–H groups in total. The molecule has 0 unspecified atom stereocenters. The zero-order valence-corrected chi connectivity index (χ0v) is 10.2. The van der Waals surface area contributed by atoms with E-state index in [0.29, 0.717) is 10.9 Å². The molecule has 15 heavy (non-hydrogen) atoms. The fraction of sp³-hybridized carbons (Fsp3) is 0.455. The number of hydrogen-bond acceptors (Lipinski definition) is 3. The van der Waals surface area contributed by atoms with Crippen LogP contribution in [0.1, 0.15) is 25.0 Å². The maximum atomic E-state index is 5.67. The SMILES string of the molecule is Cc1ccnc(NCC(C)C)c1C(N)=S. The van der Waals surface area contributed by atoms with Crippen LogP contribution in [-0.2, 0) is 0 Å². The van der Waals surface area contributed by atoms with Crippen LogP contribution < -0.4 is 11.1 Å². The van der Waals surface area contributed by atoms with E-state index in [1.807, 2.05) is 13.0 Å². The van der Waals surface area contributed by atoms with Crippen LogP contribution in [0.5, 0.6) is 0 Å². The molecule has 0 saturated heterocycles. The topological polar surface area (TPSA) is 50.9 Å². The van der Waals surface area contributed by atoms with Crippen LogP contribution in [0.4, 0.5) is 5.82 Å². The lowest BCUT2D eigenvalue weighted by Gasteiger charge is -2.13. The summed E-state index contributed by atoms with van der Waals surface area (Å²) in [7, 11) is 0. The summed E-state index contributed by atoms with van der Waals surface area (Å²) >= 11 is 5.01. The molecule has 0 aliphatic heterocycles. The molecule has 0 spiro atoms.